The molecule has 0 saturated carbocycles. The Kier molecular flexibility index (Phi) is 3.83. The van der Waals surface area contributed by atoms with Crippen molar-refractivity contribution < 1.29 is 14.5 Å². The summed E-state index contributed by atoms with van der Waals surface area (Å²) in [5.41, 5.74) is 4.85. The number of carbonyl (C=O) groups excluding carboxylic acids is 1. The molecule has 0 heterocycles. The van der Waals surface area contributed by atoms with E-state index in [1.54, 1.807) is 6.92 Å². The van der Waals surface area contributed by atoms with Gasteiger partial charge in [-0.3, -0.25) is 10.1 Å². The predicted molar refractivity (Wildman–Crippen MR) is 61.2 cm³/mol. The minimum atomic E-state index is -0.756. The number of hydrogen-bond acceptors (Lipinski definition) is 5. The predicted octanol–water partition coefficient (Wildman–Crippen LogP) is 2.12. The highest BCUT2D eigenvalue weighted by Gasteiger charge is 2.25. The van der Waals surface area contributed by atoms with Crippen LogP contribution in [0.3, 0.4) is 0 Å². The van der Waals surface area contributed by atoms with E-state index in [1.807, 2.05) is 0 Å². The molecule has 1 aromatic carbocycles. The normalized spacial score (nSPS) is 9.88. The zero-order chi connectivity index (χ0) is 12.3. The molecule has 0 bridgehead atoms. The van der Waals surface area contributed by atoms with Crippen molar-refractivity contribution in [1.29, 1.82) is 0 Å². The molecule has 0 spiro atoms. The number of nitrogens with two attached hydrogens (primary N) is 1. The Hall–Kier alpha value is -1.63. The van der Waals surface area contributed by atoms with Gasteiger partial charge >= 0.3 is 11.7 Å². The minimum absolute atomic E-state index is 0.0875. The zero-order valence-corrected chi connectivity index (χ0v) is 9.98. The van der Waals surface area contributed by atoms with Crippen LogP contribution in [0.2, 0.25) is 0 Å². The van der Waals surface area contributed by atoms with Crippen molar-refractivity contribution in [3.8, 4) is 0 Å². The minimum Gasteiger partial charge on any atom is -0.462 e. The number of carbonyl (C=O) groups is 1. The van der Waals surface area contributed by atoms with Crippen molar-refractivity contribution >= 4 is 33.3 Å². The number of esters is 1. The second-order valence-electron chi connectivity index (χ2n) is 2.83. The third-order valence-electron chi connectivity index (χ3n) is 1.84. The fourth-order valence-electron chi connectivity index (χ4n) is 1.15. The lowest BCUT2D eigenvalue weighted by Gasteiger charge is -2.05. The van der Waals surface area contributed by atoms with E-state index in [2.05, 4.69) is 15.9 Å². The van der Waals surface area contributed by atoms with Crippen molar-refractivity contribution in [2.75, 3.05) is 12.3 Å². The lowest BCUT2D eigenvalue weighted by atomic mass is 10.1. The molecule has 0 aromatic heterocycles. The van der Waals surface area contributed by atoms with E-state index >= 15 is 0 Å². The molecule has 7 heteroatoms. The second-order valence-corrected chi connectivity index (χ2v) is 3.69. The SMILES string of the molecule is CCOC(=O)c1ccc(Br)c(N)c1[N+](=O)[O-]. The smallest absolute Gasteiger partial charge is 0.345 e. The number of hydrogen-bond donors (Lipinski definition) is 1. The number of nitrogen functional groups attached to an aromatic ring is 1. The molecule has 0 radical (unpaired) electrons. The van der Waals surface area contributed by atoms with Crippen LogP contribution in [0, 0.1) is 10.1 Å². The van der Waals surface area contributed by atoms with Crippen LogP contribution in [0.25, 0.3) is 0 Å². The molecule has 2 N–H and O–H groups in total. The maximum absolute atomic E-state index is 11.4. The van der Waals surface area contributed by atoms with Gasteiger partial charge in [-0.15, -0.1) is 0 Å². The molecule has 1 rings (SSSR count). The van der Waals surface area contributed by atoms with Gasteiger partial charge in [0.1, 0.15) is 11.3 Å². The molecule has 0 fully saturated rings. The summed E-state index contributed by atoms with van der Waals surface area (Å²) in [4.78, 5) is 21.5. The highest BCUT2D eigenvalue weighted by Crippen LogP contribution is 2.33. The van der Waals surface area contributed by atoms with Gasteiger partial charge in [0.25, 0.3) is 0 Å². The third-order valence-corrected chi connectivity index (χ3v) is 2.53. The summed E-state index contributed by atoms with van der Waals surface area (Å²) in [7, 11) is 0. The quantitative estimate of drug-likeness (QED) is 0.398. The van der Waals surface area contributed by atoms with Crippen LogP contribution in [0.4, 0.5) is 11.4 Å². The van der Waals surface area contributed by atoms with Crippen molar-refractivity contribution in [2.45, 2.75) is 6.92 Å². The first-order valence-electron chi connectivity index (χ1n) is 4.38. The maximum Gasteiger partial charge on any atom is 0.345 e. The Labute approximate surface area is 99.7 Å². The van der Waals surface area contributed by atoms with Gasteiger partial charge in [0, 0.05) is 4.47 Å². The Morgan fingerprint density at radius 2 is 2.25 bits per heavy atom. The number of rotatable bonds is 3. The van der Waals surface area contributed by atoms with Crippen LogP contribution in [0.15, 0.2) is 16.6 Å². The highest BCUT2D eigenvalue weighted by atomic mass is 79.9. The zero-order valence-electron chi connectivity index (χ0n) is 8.40. The van der Waals surface area contributed by atoms with Gasteiger partial charge in [-0.1, -0.05) is 0 Å². The van der Waals surface area contributed by atoms with Crippen LogP contribution in [0.5, 0.6) is 0 Å². The molecule has 0 saturated heterocycles. The van der Waals surface area contributed by atoms with Crippen molar-refractivity contribution in [1.82, 2.24) is 0 Å². The van der Waals surface area contributed by atoms with E-state index in [0.29, 0.717) is 4.47 Å². The molecular formula is C9H9BrN2O4. The molecule has 16 heavy (non-hydrogen) atoms. The van der Waals surface area contributed by atoms with Gasteiger partial charge in [0.2, 0.25) is 0 Å². The summed E-state index contributed by atoms with van der Waals surface area (Å²) in [6.07, 6.45) is 0. The second kappa shape index (κ2) is 4.93. The third kappa shape index (κ3) is 2.30. The van der Waals surface area contributed by atoms with E-state index in [4.69, 9.17) is 10.5 Å². The fraction of sp³-hybridized carbons (Fsp3) is 0.222. The van der Waals surface area contributed by atoms with E-state index < -0.39 is 16.6 Å². The van der Waals surface area contributed by atoms with Crippen LogP contribution in [0.1, 0.15) is 17.3 Å². The number of nitro groups is 1. The van der Waals surface area contributed by atoms with E-state index in [1.165, 1.54) is 12.1 Å². The van der Waals surface area contributed by atoms with Gasteiger partial charge in [-0.05, 0) is 35.0 Å². The number of anilines is 1. The van der Waals surface area contributed by atoms with E-state index in [0.717, 1.165) is 0 Å². The Morgan fingerprint density at radius 3 is 2.75 bits per heavy atom. The average Bonchev–Trinajstić information content (AvgIpc) is 2.21. The fourth-order valence-corrected chi connectivity index (χ4v) is 1.47. The summed E-state index contributed by atoms with van der Waals surface area (Å²) in [6, 6.07) is 2.77. The molecule has 6 nitrogen and oxygen atoms in total. The van der Waals surface area contributed by atoms with Crippen LogP contribution in [-0.4, -0.2) is 17.5 Å². The topological polar surface area (TPSA) is 95.5 Å². The van der Waals surface area contributed by atoms with E-state index in [-0.39, 0.29) is 17.9 Å². The lowest BCUT2D eigenvalue weighted by Crippen LogP contribution is -2.10. The Morgan fingerprint density at radius 1 is 1.62 bits per heavy atom. The monoisotopic (exact) mass is 288 g/mol. The average molecular weight is 289 g/mol. The standard InChI is InChI=1S/C9H9BrN2O4/c1-2-16-9(13)5-3-4-6(10)7(11)8(5)12(14)15/h3-4H,2,11H2,1H3. The molecule has 1 aromatic rings. The van der Waals surface area contributed by atoms with Crippen LogP contribution >= 0.6 is 15.9 Å². The molecule has 0 aliphatic carbocycles. The van der Waals surface area contributed by atoms with Crippen molar-refractivity contribution in [2.24, 2.45) is 0 Å². The molecule has 0 amide bonds. The summed E-state index contributed by atoms with van der Waals surface area (Å²) in [5.74, 6) is -0.756. The molecule has 0 unspecified atom stereocenters. The summed E-state index contributed by atoms with van der Waals surface area (Å²) in [5, 5.41) is 10.8. The van der Waals surface area contributed by atoms with Crippen molar-refractivity contribution in [3.05, 3.63) is 32.3 Å². The van der Waals surface area contributed by atoms with Gasteiger partial charge < -0.3 is 10.5 Å². The molecule has 0 aliphatic heterocycles. The summed E-state index contributed by atoms with van der Waals surface area (Å²) in [6.45, 7) is 1.76. The lowest BCUT2D eigenvalue weighted by molar-refractivity contribution is -0.384. The molecular weight excluding hydrogens is 280 g/mol. The number of benzene rings is 1. The Balaban J connectivity index is 3.34. The maximum atomic E-state index is 11.4. The molecule has 86 valence electrons. The highest BCUT2D eigenvalue weighted by molar-refractivity contribution is 9.10. The van der Waals surface area contributed by atoms with Gasteiger partial charge in [0.15, 0.2) is 0 Å². The number of halogens is 1. The first kappa shape index (κ1) is 12.4. The number of nitro benzene ring substituents is 1. The van der Waals surface area contributed by atoms with E-state index in [9.17, 15) is 14.9 Å². The number of ether oxygens (including phenoxy) is 1. The van der Waals surface area contributed by atoms with Crippen molar-refractivity contribution in [3.63, 3.8) is 0 Å². The van der Waals surface area contributed by atoms with Gasteiger partial charge in [-0.25, -0.2) is 4.79 Å². The molecule has 0 atom stereocenters. The van der Waals surface area contributed by atoms with Crippen LogP contribution < -0.4 is 5.73 Å². The summed E-state index contributed by atoms with van der Waals surface area (Å²) < 4.78 is 5.07. The first-order chi connectivity index (χ1) is 7.49. The first-order valence-corrected chi connectivity index (χ1v) is 5.17. The molecule has 0 aliphatic rings. The largest absolute Gasteiger partial charge is 0.462 e. The van der Waals surface area contributed by atoms with Crippen LogP contribution in [-0.2, 0) is 4.74 Å². The number of nitrogens with zero attached hydrogens (tertiary/aromatic N) is 1. The summed E-state index contributed by atoms with van der Waals surface area (Å²) >= 11 is 3.06. The van der Waals surface area contributed by atoms with Gasteiger partial charge in [0.05, 0.1) is 11.5 Å². The Bertz CT molecular complexity index is 447. The van der Waals surface area contributed by atoms with Gasteiger partial charge in [-0.2, -0.15) is 0 Å².